The van der Waals surface area contributed by atoms with Crippen molar-refractivity contribution in [3.05, 3.63) is 30.1 Å². The molecular formula is C17H18FN3O. The predicted molar refractivity (Wildman–Crippen MR) is 80.0 cm³/mol. The van der Waals surface area contributed by atoms with Gasteiger partial charge in [-0.05, 0) is 37.5 Å². The molecular weight excluding hydrogens is 281 g/mol. The van der Waals surface area contributed by atoms with Crippen LogP contribution in [0.1, 0.15) is 31.7 Å². The zero-order chi connectivity index (χ0) is 15.4. The predicted octanol–water partition coefficient (Wildman–Crippen LogP) is 3.21. The summed E-state index contributed by atoms with van der Waals surface area (Å²) in [4.78, 5) is 4.37. The number of aromatic nitrogens is 2. The summed E-state index contributed by atoms with van der Waals surface area (Å²) in [5, 5.41) is 9.06. The van der Waals surface area contributed by atoms with Crippen LogP contribution in [0.2, 0.25) is 0 Å². The normalized spacial score (nSPS) is 34.0. The van der Waals surface area contributed by atoms with E-state index in [0.29, 0.717) is 18.5 Å². The third kappa shape index (κ3) is 2.10. The van der Waals surface area contributed by atoms with E-state index in [-0.39, 0.29) is 5.60 Å². The van der Waals surface area contributed by atoms with E-state index in [1.54, 1.807) is 12.4 Å². The Kier molecular flexibility index (Phi) is 2.82. The molecule has 2 heterocycles. The Morgan fingerprint density at radius 1 is 1.55 bits per heavy atom. The number of hydrogen-bond acceptors (Lipinski definition) is 3. The van der Waals surface area contributed by atoms with Crippen LogP contribution in [0.25, 0.3) is 11.0 Å². The molecule has 1 saturated heterocycles. The van der Waals surface area contributed by atoms with Crippen LogP contribution in [0.5, 0.6) is 0 Å². The van der Waals surface area contributed by atoms with Crippen LogP contribution in [-0.2, 0) is 11.3 Å². The fourth-order valence-electron chi connectivity index (χ4n) is 3.82. The number of imidazole rings is 1. The molecule has 5 heteroatoms. The highest BCUT2D eigenvalue weighted by Crippen LogP contribution is 2.51. The number of nitriles is 1. The second-order valence-corrected chi connectivity index (χ2v) is 7.00. The molecule has 0 unspecified atom stereocenters. The first-order valence-corrected chi connectivity index (χ1v) is 7.67. The van der Waals surface area contributed by atoms with Gasteiger partial charge in [0.25, 0.3) is 0 Å². The molecule has 0 radical (unpaired) electrons. The van der Waals surface area contributed by atoms with Gasteiger partial charge in [-0.3, -0.25) is 0 Å². The molecule has 0 N–H and O–H groups in total. The highest BCUT2D eigenvalue weighted by molar-refractivity contribution is 5.77. The highest BCUT2D eigenvalue weighted by Gasteiger charge is 2.55. The van der Waals surface area contributed by atoms with Gasteiger partial charge >= 0.3 is 0 Å². The van der Waals surface area contributed by atoms with Gasteiger partial charge in [0, 0.05) is 12.0 Å². The lowest BCUT2D eigenvalue weighted by atomic mass is 9.69. The third-order valence-electron chi connectivity index (χ3n) is 5.17. The molecule has 1 saturated carbocycles. The van der Waals surface area contributed by atoms with Gasteiger partial charge in [-0.15, -0.1) is 0 Å². The van der Waals surface area contributed by atoms with Crippen LogP contribution in [0.3, 0.4) is 0 Å². The summed E-state index contributed by atoms with van der Waals surface area (Å²) in [5.41, 5.74) is 1.80. The number of rotatable bonds is 2. The minimum atomic E-state index is -0.834. The lowest BCUT2D eigenvalue weighted by Crippen LogP contribution is -2.42. The number of nitrogens with zero attached hydrogens (tertiary/aromatic N) is 3. The van der Waals surface area contributed by atoms with Gasteiger partial charge in [-0.25, -0.2) is 9.37 Å². The van der Waals surface area contributed by atoms with Crippen molar-refractivity contribution >= 4 is 11.0 Å². The molecule has 114 valence electrons. The lowest BCUT2D eigenvalue weighted by Gasteiger charge is -2.40. The first-order valence-electron chi connectivity index (χ1n) is 7.67. The number of alkyl halides is 1. The summed E-state index contributed by atoms with van der Waals surface area (Å²) in [5.74, 6) is 0. The molecule has 1 aliphatic heterocycles. The van der Waals surface area contributed by atoms with Crippen molar-refractivity contribution in [3.8, 4) is 6.07 Å². The van der Waals surface area contributed by atoms with Gasteiger partial charge in [0.05, 0.1) is 41.2 Å². The molecule has 2 aromatic rings. The molecule has 4 nitrogen and oxygen atoms in total. The smallest absolute Gasteiger partial charge is 0.107 e. The number of epoxide rings is 1. The Morgan fingerprint density at radius 3 is 3.09 bits per heavy atom. The third-order valence-corrected chi connectivity index (χ3v) is 5.17. The second kappa shape index (κ2) is 4.53. The zero-order valence-corrected chi connectivity index (χ0v) is 12.6. The molecule has 22 heavy (non-hydrogen) atoms. The minimum absolute atomic E-state index is 0.0778. The average molecular weight is 299 g/mol. The molecule has 4 rings (SSSR count). The molecule has 3 atom stereocenters. The average Bonchev–Trinajstić information content (AvgIpc) is 3.15. The zero-order valence-electron chi connectivity index (χ0n) is 12.6. The van der Waals surface area contributed by atoms with E-state index < -0.39 is 11.6 Å². The van der Waals surface area contributed by atoms with Gasteiger partial charge in [0.15, 0.2) is 0 Å². The first kappa shape index (κ1) is 13.7. The summed E-state index contributed by atoms with van der Waals surface area (Å²) in [7, 11) is 0. The SMILES string of the molecule is C[C@@]1(Cn2cnc3ccc(C#N)cc32)C[C@@]2(CC[C@H]1F)CO2. The summed E-state index contributed by atoms with van der Waals surface area (Å²) >= 11 is 0. The van der Waals surface area contributed by atoms with Gasteiger partial charge in [0.2, 0.25) is 0 Å². The Hall–Kier alpha value is -1.93. The van der Waals surface area contributed by atoms with Crippen LogP contribution < -0.4 is 0 Å². The Labute approximate surface area is 128 Å². The van der Waals surface area contributed by atoms with Crippen molar-refractivity contribution in [1.82, 2.24) is 9.55 Å². The maximum atomic E-state index is 14.6. The van der Waals surface area contributed by atoms with E-state index in [1.165, 1.54) is 0 Å². The van der Waals surface area contributed by atoms with E-state index in [1.807, 2.05) is 23.6 Å². The monoisotopic (exact) mass is 299 g/mol. The van der Waals surface area contributed by atoms with Gasteiger partial charge in [-0.2, -0.15) is 5.26 Å². The number of fused-ring (bicyclic) bond motifs is 1. The van der Waals surface area contributed by atoms with Crippen LogP contribution in [0, 0.1) is 16.7 Å². The Bertz CT molecular complexity index is 774. The Balaban J connectivity index is 1.69. The largest absolute Gasteiger partial charge is 0.370 e. The number of hydrogen-bond donors (Lipinski definition) is 0. The lowest BCUT2D eigenvalue weighted by molar-refractivity contribution is 0.0143. The fraction of sp³-hybridized carbons (Fsp3) is 0.529. The summed E-state index contributed by atoms with van der Waals surface area (Å²) in [6.45, 7) is 3.32. The molecule has 2 aliphatic rings. The van der Waals surface area contributed by atoms with Crippen molar-refractivity contribution in [2.24, 2.45) is 5.41 Å². The topological polar surface area (TPSA) is 54.1 Å². The van der Waals surface area contributed by atoms with E-state index in [4.69, 9.17) is 10.00 Å². The van der Waals surface area contributed by atoms with Gasteiger partial charge in [-0.1, -0.05) is 6.92 Å². The van der Waals surface area contributed by atoms with E-state index >= 15 is 0 Å². The highest BCUT2D eigenvalue weighted by atomic mass is 19.1. The van der Waals surface area contributed by atoms with Crippen molar-refractivity contribution in [2.45, 2.75) is 44.5 Å². The van der Waals surface area contributed by atoms with Crippen LogP contribution >= 0.6 is 0 Å². The molecule has 1 spiro atoms. The molecule has 1 aromatic heterocycles. The summed E-state index contributed by atoms with van der Waals surface area (Å²) < 4.78 is 22.2. The Morgan fingerprint density at radius 2 is 2.36 bits per heavy atom. The quantitative estimate of drug-likeness (QED) is 0.800. The van der Waals surface area contributed by atoms with Crippen LogP contribution in [-0.4, -0.2) is 27.9 Å². The van der Waals surface area contributed by atoms with Crippen molar-refractivity contribution in [3.63, 3.8) is 0 Å². The number of halogens is 1. The molecule has 2 fully saturated rings. The second-order valence-electron chi connectivity index (χ2n) is 7.00. The molecule has 1 aliphatic carbocycles. The van der Waals surface area contributed by atoms with Crippen molar-refractivity contribution in [2.75, 3.05) is 6.61 Å². The summed E-state index contributed by atoms with van der Waals surface area (Å²) in [6.07, 6.45) is 3.05. The maximum absolute atomic E-state index is 14.6. The fourth-order valence-corrected chi connectivity index (χ4v) is 3.82. The van der Waals surface area contributed by atoms with Crippen LogP contribution in [0.4, 0.5) is 4.39 Å². The van der Waals surface area contributed by atoms with E-state index in [0.717, 1.165) is 30.5 Å². The standard InChI is InChI=1S/C17H18FN3O/c1-16(8-17(10-22-17)5-4-15(16)18)9-21-11-20-13-3-2-12(7-19)6-14(13)21/h2-3,6,11,15H,4-5,8-10H2,1H3/t15-,16+,17+/m1/s1. The van der Waals surface area contributed by atoms with Gasteiger partial charge in [0.1, 0.15) is 6.17 Å². The molecule has 0 bridgehead atoms. The maximum Gasteiger partial charge on any atom is 0.107 e. The van der Waals surface area contributed by atoms with Crippen molar-refractivity contribution < 1.29 is 9.13 Å². The number of benzene rings is 1. The van der Waals surface area contributed by atoms with Crippen molar-refractivity contribution in [1.29, 1.82) is 5.26 Å². The van der Waals surface area contributed by atoms with E-state index in [2.05, 4.69) is 11.1 Å². The molecule has 0 amide bonds. The number of ether oxygens (including phenoxy) is 1. The first-order chi connectivity index (χ1) is 10.5. The van der Waals surface area contributed by atoms with Crippen LogP contribution in [0.15, 0.2) is 24.5 Å². The minimum Gasteiger partial charge on any atom is -0.370 e. The van der Waals surface area contributed by atoms with E-state index in [9.17, 15) is 4.39 Å². The summed E-state index contributed by atoms with van der Waals surface area (Å²) in [6, 6.07) is 7.57. The molecule has 1 aromatic carbocycles. The van der Waals surface area contributed by atoms with Gasteiger partial charge < -0.3 is 9.30 Å².